The van der Waals surface area contributed by atoms with E-state index in [9.17, 15) is 4.79 Å². The number of carbonyl (C=O) groups excluding carboxylic acids is 1. The minimum Gasteiger partial charge on any atom is -0.496 e. The molecule has 0 amide bonds. The lowest BCUT2D eigenvalue weighted by Gasteiger charge is -2.02. The van der Waals surface area contributed by atoms with Gasteiger partial charge in [0, 0.05) is 6.92 Å². The minimum absolute atomic E-state index is 0.0149. The molecule has 1 heterocycles. The summed E-state index contributed by atoms with van der Waals surface area (Å²) >= 11 is 4.72. The largest absolute Gasteiger partial charge is 0.496 e. The van der Waals surface area contributed by atoms with E-state index >= 15 is 0 Å². The molecule has 0 unspecified atom stereocenters. The number of benzene rings is 1. The third-order valence-corrected chi connectivity index (χ3v) is 4.45. The van der Waals surface area contributed by atoms with Gasteiger partial charge < -0.3 is 4.74 Å². The number of thiazole rings is 1. The van der Waals surface area contributed by atoms with Gasteiger partial charge in [-0.1, -0.05) is 11.3 Å². The van der Waals surface area contributed by atoms with Gasteiger partial charge in [-0.25, -0.2) is 4.98 Å². The Hall–Kier alpha value is -1.73. The van der Waals surface area contributed by atoms with E-state index in [1.807, 2.05) is 25.1 Å². The molecular formula is C14H14BrN3O2S. The third kappa shape index (κ3) is 3.89. The van der Waals surface area contributed by atoms with E-state index < -0.39 is 0 Å². The molecular weight excluding hydrogens is 354 g/mol. The van der Waals surface area contributed by atoms with E-state index in [2.05, 4.69) is 31.4 Å². The molecule has 2 rings (SSSR count). The number of anilines is 1. The summed E-state index contributed by atoms with van der Waals surface area (Å²) in [5.74, 6) is 0.780. The number of nitrogens with one attached hydrogen (secondary N) is 1. The Kier molecular flexibility index (Phi) is 5.08. The first-order valence-corrected chi connectivity index (χ1v) is 7.73. The SMILES string of the molecule is COc1ccc(/C=N/Nc2nc(C)c(C(C)=O)s2)cc1Br. The molecule has 0 radical (unpaired) electrons. The van der Waals surface area contributed by atoms with Gasteiger partial charge in [-0.2, -0.15) is 5.10 Å². The lowest BCUT2D eigenvalue weighted by atomic mass is 10.2. The molecule has 0 spiro atoms. The van der Waals surface area contributed by atoms with Crippen LogP contribution in [-0.4, -0.2) is 24.1 Å². The summed E-state index contributed by atoms with van der Waals surface area (Å²) in [7, 11) is 1.62. The Labute approximate surface area is 135 Å². The maximum absolute atomic E-state index is 11.4. The summed E-state index contributed by atoms with van der Waals surface area (Å²) in [6.07, 6.45) is 1.67. The Morgan fingerprint density at radius 2 is 2.29 bits per heavy atom. The molecule has 1 N–H and O–H groups in total. The zero-order valence-corrected chi connectivity index (χ0v) is 14.2. The van der Waals surface area contributed by atoms with E-state index in [0.29, 0.717) is 10.0 Å². The lowest BCUT2D eigenvalue weighted by Crippen LogP contribution is -1.91. The van der Waals surface area contributed by atoms with E-state index in [0.717, 1.165) is 21.5 Å². The maximum atomic E-state index is 11.4. The summed E-state index contributed by atoms with van der Waals surface area (Å²) in [6.45, 7) is 3.34. The average molecular weight is 368 g/mol. The molecule has 0 aliphatic rings. The van der Waals surface area contributed by atoms with Crippen molar-refractivity contribution >= 4 is 44.4 Å². The molecule has 1 aromatic carbocycles. The number of hydrogen-bond acceptors (Lipinski definition) is 6. The Balaban J connectivity index is 2.07. The van der Waals surface area contributed by atoms with E-state index in [4.69, 9.17) is 4.74 Å². The van der Waals surface area contributed by atoms with Gasteiger partial charge in [-0.05, 0) is 46.6 Å². The first kappa shape index (κ1) is 15.7. The number of ether oxygens (including phenoxy) is 1. The molecule has 7 heteroatoms. The van der Waals surface area contributed by atoms with Crippen molar-refractivity contribution in [1.29, 1.82) is 0 Å². The van der Waals surface area contributed by atoms with Crippen LogP contribution in [0.4, 0.5) is 5.13 Å². The van der Waals surface area contributed by atoms with Crippen LogP contribution in [0.2, 0.25) is 0 Å². The third-order valence-electron chi connectivity index (χ3n) is 2.67. The van der Waals surface area contributed by atoms with Crippen molar-refractivity contribution < 1.29 is 9.53 Å². The second-order valence-corrected chi connectivity index (χ2v) is 6.11. The average Bonchev–Trinajstić information content (AvgIpc) is 2.80. The number of ketones is 1. The fourth-order valence-corrected chi connectivity index (χ4v) is 3.07. The zero-order valence-electron chi connectivity index (χ0n) is 11.8. The van der Waals surface area contributed by atoms with Gasteiger partial charge in [0.05, 0.1) is 28.4 Å². The molecule has 0 aliphatic heterocycles. The monoisotopic (exact) mass is 367 g/mol. The highest BCUT2D eigenvalue weighted by molar-refractivity contribution is 9.10. The number of rotatable bonds is 5. The van der Waals surface area contributed by atoms with Gasteiger partial charge in [0.1, 0.15) is 5.75 Å². The Morgan fingerprint density at radius 3 is 2.86 bits per heavy atom. The van der Waals surface area contributed by atoms with Crippen LogP contribution in [0.15, 0.2) is 27.8 Å². The fraction of sp³-hybridized carbons (Fsp3) is 0.214. The van der Waals surface area contributed by atoms with Crippen molar-refractivity contribution in [2.75, 3.05) is 12.5 Å². The van der Waals surface area contributed by atoms with Crippen LogP contribution in [0.1, 0.15) is 27.9 Å². The number of carbonyl (C=O) groups is 1. The molecule has 2 aromatic rings. The van der Waals surface area contributed by atoms with E-state index in [1.165, 1.54) is 18.3 Å². The Bertz CT molecular complexity index is 698. The van der Waals surface area contributed by atoms with Crippen molar-refractivity contribution in [3.63, 3.8) is 0 Å². The molecule has 0 bridgehead atoms. The van der Waals surface area contributed by atoms with Gasteiger partial charge >= 0.3 is 0 Å². The van der Waals surface area contributed by atoms with Crippen molar-refractivity contribution in [3.05, 3.63) is 38.8 Å². The first-order valence-electron chi connectivity index (χ1n) is 6.12. The predicted octanol–water partition coefficient (Wildman–Crippen LogP) is 3.87. The van der Waals surface area contributed by atoms with Gasteiger partial charge in [-0.3, -0.25) is 10.2 Å². The quantitative estimate of drug-likeness (QED) is 0.494. The highest BCUT2D eigenvalue weighted by atomic mass is 79.9. The molecule has 0 saturated heterocycles. The summed E-state index contributed by atoms with van der Waals surface area (Å²) in [5.41, 5.74) is 4.47. The number of methoxy groups -OCH3 is 1. The van der Waals surface area contributed by atoms with Gasteiger partial charge in [0.15, 0.2) is 5.78 Å². The highest BCUT2D eigenvalue weighted by Crippen LogP contribution is 2.25. The van der Waals surface area contributed by atoms with E-state index in [-0.39, 0.29) is 5.78 Å². The smallest absolute Gasteiger partial charge is 0.204 e. The van der Waals surface area contributed by atoms with Crippen LogP contribution in [-0.2, 0) is 0 Å². The second-order valence-electron chi connectivity index (χ2n) is 4.25. The summed E-state index contributed by atoms with van der Waals surface area (Å²) in [5, 5.41) is 4.72. The number of aryl methyl sites for hydroxylation is 1. The molecule has 1 aromatic heterocycles. The number of aromatic nitrogens is 1. The zero-order chi connectivity index (χ0) is 15.4. The van der Waals surface area contributed by atoms with Crippen molar-refractivity contribution in [1.82, 2.24) is 4.98 Å². The van der Waals surface area contributed by atoms with Crippen molar-refractivity contribution in [2.24, 2.45) is 5.10 Å². The molecule has 21 heavy (non-hydrogen) atoms. The summed E-state index contributed by atoms with van der Waals surface area (Å²) in [4.78, 5) is 16.3. The van der Waals surface area contributed by atoms with Crippen LogP contribution in [0.25, 0.3) is 0 Å². The molecule has 0 saturated carbocycles. The molecule has 110 valence electrons. The standard InChI is InChI=1S/C14H14BrN3O2S/c1-8-13(9(2)19)21-14(17-8)18-16-7-10-4-5-12(20-3)11(15)6-10/h4-7H,1-3H3,(H,17,18)/b16-7+. The number of nitrogens with zero attached hydrogens (tertiary/aromatic N) is 2. The van der Waals surface area contributed by atoms with Gasteiger partial charge in [-0.15, -0.1) is 0 Å². The van der Waals surface area contributed by atoms with Crippen molar-refractivity contribution in [2.45, 2.75) is 13.8 Å². The summed E-state index contributed by atoms with van der Waals surface area (Å²) in [6, 6.07) is 5.65. The minimum atomic E-state index is 0.0149. The van der Waals surface area contributed by atoms with Crippen LogP contribution in [0.3, 0.4) is 0 Å². The van der Waals surface area contributed by atoms with Crippen LogP contribution in [0, 0.1) is 6.92 Å². The number of Topliss-reactive ketones (excluding diaryl/α,β-unsaturated/α-hetero) is 1. The fourth-order valence-electron chi connectivity index (χ4n) is 1.70. The molecule has 5 nitrogen and oxygen atoms in total. The van der Waals surface area contributed by atoms with Crippen molar-refractivity contribution in [3.8, 4) is 5.75 Å². The van der Waals surface area contributed by atoms with E-state index in [1.54, 1.807) is 13.3 Å². The topological polar surface area (TPSA) is 63.6 Å². The van der Waals surface area contributed by atoms with Crippen LogP contribution >= 0.6 is 27.3 Å². The number of halogens is 1. The van der Waals surface area contributed by atoms with Crippen LogP contribution < -0.4 is 10.2 Å². The lowest BCUT2D eigenvalue weighted by molar-refractivity contribution is 0.102. The number of hydrogen-bond donors (Lipinski definition) is 1. The normalized spacial score (nSPS) is 10.9. The maximum Gasteiger partial charge on any atom is 0.204 e. The summed E-state index contributed by atoms with van der Waals surface area (Å²) < 4.78 is 6.02. The van der Waals surface area contributed by atoms with Gasteiger partial charge in [0.2, 0.25) is 5.13 Å². The molecule has 0 fully saturated rings. The molecule has 0 atom stereocenters. The second kappa shape index (κ2) is 6.82. The number of hydrazone groups is 1. The highest BCUT2D eigenvalue weighted by Gasteiger charge is 2.10. The molecule has 0 aliphatic carbocycles. The van der Waals surface area contributed by atoms with Gasteiger partial charge in [0.25, 0.3) is 0 Å². The predicted molar refractivity (Wildman–Crippen MR) is 88.8 cm³/mol. The van der Waals surface area contributed by atoms with Crippen LogP contribution in [0.5, 0.6) is 5.75 Å². The Morgan fingerprint density at radius 1 is 1.52 bits per heavy atom. The first-order chi connectivity index (χ1) is 10.0.